The van der Waals surface area contributed by atoms with Gasteiger partial charge in [-0.25, -0.2) is 0 Å². The van der Waals surface area contributed by atoms with Crippen LogP contribution in [0.4, 0.5) is 5.69 Å². The molecule has 2 nitrogen and oxygen atoms in total. The molecule has 0 aliphatic heterocycles. The predicted octanol–water partition coefficient (Wildman–Crippen LogP) is 4.43. The second-order valence-electron chi connectivity index (χ2n) is 5.80. The van der Waals surface area contributed by atoms with E-state index in [-0.39, 0.29) is 0 Å². The van der Waals surface area contributed by atoms with E-state index in [0.29, 0.717) is 16.8 Å². The molecule has 3 heteroatoms. The van der Waals surface area contributed by atoms with Crippen molar-refractivity contribution < 1.29 is 4.74 Å². The maximum absolute atomic E-state index is 6.12. The second-order valence-corrected chi connectivity index (χ2v) is 6.20. The smallest absolute Gasteiger partial charge is 0.124 e. The van der Waals surface area contributed by atoms with Gasteiger partial charge in [0.15, 0.2) is 0 Å². The average molecular weight is 268 g/mol. The average Bonchev–Trinajstić information content (AvgIpc) is 2.24. The molecule has 18 heavy (non-hydrogen) atoms. The Balaban J connectivity index is 2.11. The van der Waals surface area contributed by atoms with Crippen molar-refractivity contribution in [2.45, 2.75) is 46.1 Å². The van der Waals surface area contributed by atoms with E-state index in [1.54, 1.807) is 0 Å². The Hall–Kier alpha value is -0.890. The SMILES string of the molecule is Cc1cc(N)c(Cl)cc1OC1CC(C)CC(C)C1. The molecule has 2 N–H and O–H groups in total. The molecule has 100 valence electrons. The highest BCUT2D eigenvalue weighted by atomic mass is 35.5. The first-order chi connectivity index (χ1) is 8.45. The number of nitrogens with two attached hydrogens (primary N) is 1. The third-order valence-corrected chi connectivity index (χ3v) is 4.05. The summed E-state index contributed by atoms with van der Waals surface area (Å²) in [5, 5.41) is 0.576. The van der Waals surface area contributed by atoms with E-state index in [1.807, 2.05) is 19.1 Å². The summed E-state index contributed by atoms with van der Waals surface area (Å²) in [6.07, 6.45) is 3.88. The number of halogens is 1. The number of nitrogen functional groups attached to an aromatic ring is 1. The molecule has 1 aliphatic rings. The van der Waals surface area contributed by atoms with E-state index in [1.165, 1.54) is 6.42 Å². The Bertz CT molecular complexity index is 423. The van der Waals surface area contributed by atoms with E-state index in [2.05, 4.69) is 13.8 Å². The van der Waals surface area contributed by atoms with Gasteiger partial charge in [-0.2, -0.15) is 0 Å². The molecule has 2 atom stereocenters. The van der Waals surface area contributed by atoms with E-state index >= 15 is 0 Å². The molecule has 0 radical (unpaired) electrons. The lowest BCUT2D eigenvalue weighted by Crippen LogP contribution is -2.28. The van der Waals surface area contributed by atoms with Gasteiger partial charge in [0, 0.05) is 6.07 Å². The van der Waals surface area contributed by atoms with Gasteiger partial charge in [0.05, 0.1) is 16.8 Å². The highest BCUT2D eigenvalue weighted by molar-refractivity contribution is 6.33. The molecule has 1 aliphatic carbocycles. The van der Waals surface area contributed by atoms with E-state index < -0.39 is 0 Å². The number of anilines is 1. The molecule has 2 rings (SSSR count). The normalized spacial score (nSPS) is 28.1. The van der Waals surface area contributed by atoms with Crippen LogP contribution in [0.2, 0.25) is 5.02 Å². The largest absolute Gasteiger partial charge is 0.490 e. The van der Waals surface area contributed by atoms with Crippen LogP contribution in [0.1, 0.15) is 38.7 Å². The lowest BCUT2D eigenvalue weighted by molar-refractivity contribution is 0.100. The monoisotopic (exact) mass is 267 g/mol. The van der Waals surface area contributed by atoms with Crippen molar-refractivity contribution in [3.8, 4) is 5.75 Å². The zero-order chi connectivity index (χ0) is 13.3. The van der Waals surface area contributed by atoms with Crippen molar-refractivity contribution >= 4 is 17.3 Å². The van der Waals surface area contributed by atoms with Crippen LogP contribution < -0.4 is 10.5 Å². The van der Waals surface area contributed by atoms with Crippen LogP contribution in [0.5, 0.6) is 5.75 Å². The standard InChI is InChI=1S/C15H22ClNO/c1-9-4-10(2)6-12(5-9)18-15-8-13(16)14(17)7-11(15)3/h7-10,12H,4-6,17H2,1-3H3. The molecule has 0 amide bonds. The fraction of sp³-hybridized carbons (Fsp3) is 0.600. The number of hydrogen-bond acceptors (Lipinski definition) is 2. The topological polar surface area (TPSA) is 35.2 Å². The summed E-state index contributed by atoms with van der Waals surface area (Å²) in [7, 11) is 0. The highest BCUT2D eigenvalue weighted by Gasteiger charge is 2.25. The van der Waals surface area contributed by atoms with E-state index in [9.17, 15) is 0 Å². The lowest BCUT2D eigenvalue weighted by atomic mass is 9.82. The van der Waals surface area contributed by atoms with Gasteiger partial charge < -0.3 is 10.5 Å². The van der Waals surface area contributed by atoms with Crippen molar-refractivity contribution in [3.63, 3.8) is 0 Å². The third kappa shape index (κ3) is 3.11. The zero-order valence-electron chi connectivity index (χ0n) is 11.4. The summed E-state index contributed by atoms with van der Waals surface area (Å²) in [5.74, 6) is 2.35. The molecule has 1 aromatic rings. The Morgan fingerprint density at radius 3 is 2.39 bits per heavy atom. The lowest BCUT2D eigenvalue weighted by Gasteiger charge is -2.32. The maximum Gasteiger partial charge on any atom is 0.124 e. The molecule has 0 saturated heterocycles. The summed E-state index contributed by atoms with van der Waals surface area (Å²) in [5.41, 5.74) is 7.45. The van der Waals surface area contributed by atoms with Gasteiger partial charge in [-0.15, -0.1) is 0 Å². The predicted molar refractivity (Wildman–Crippen MR) is 77.2 cm³/mol. The number of rotatable bonds is 2. The molecule has 1 fully saturated rings. The van der Waals surface area contributed by atoms with E-state index in [4.69, 9.17) is 22.1 Å². The van der Waals surface area contributed by atoms with Crippen LogP contribution in [-0.4, -0.2) is 6.10 Å². The Labute approximate surface area is 114 Å². The van der Waals surface area contributed by atoms with Gasteiger partial charge in [-0.05, 0) is 49.7 Å². The van der Waals surface area contributed by atoms with Crippen LogP contribution in [0.25, 0.3) is 0 Å². The van der Waals surface area contributed by atoms with Gasteiger partial charge in [0.25, 0.3) is 0 Å². The molecule has 0 aromatic heterocycles. The number of hydrogen-bond donors (Lipinski definition) is 1. The van der Waals surface area contributed by atoms with Crippen LogP contribution in [0.3, 0.4) is 0 Å². The van der Waals surface area contributed by atoms with Gasteiger partial charge in [0.1, 0.15) is 5.75 Å². The van der Waals surface area contributed by atoms with Crippen molar-refractivity contribution in [2.24, 2.45) is 11.8 Å². The van der Waals surface area contributed by atoms with E-state index in [0.717, 1.165) is 36.0 Å². The molecule has 1 saturated carbocycles. The molecule has 2 unspecified atom stereocenters. The van der Waals surface area contributed by atoms with Gasteiger partial charge in [0.2, 0.25) is 0 Å². The van der Waals surface area contributed by atoms with Crippen LogP contribution >= 0.6 is 11.6 Å². The Morgan fingerprint density at radius 2 is 1.78 bits per heavy atom. The molecule has 0 bridgehead atoms. The van der Waals surface area contributed by atoms with Crippen LogP contribution in [-0.2, 0) is 0 Å². The number of benzene rings is 1. The van der Waals surface area contributed by atoms with Gasteiger partial charge in [-0.3, -0.25) is 0 Å². The summed E-state index contributed by atoms with van der Waals surface area (Å²) < 4.78 is 6.12. The minimum Gasteiger partial charge on any atom is -0.490 e. The van der Waals surface area contributed by atoms with Crippen molar-refractivity contribution in [3.05, 3.63) is 22.7 Å². The minimum atomic E-state index is 0.308. The first-order valence-corrected chi connectivity index (χ1v) is 7.05. The molecular weight excluding hydrogens is 246 g/mol. The minimum absolute atomic E-state index is 0.308. The quantitative estimate of drug-likeness (QED) is 0.805. The summed E-state index contributed by atoms with van der Waals surface area (Å²) in [6.45, 7) is 6.61. The summed E-state index contributed by atoms with van der Waals surface area (Å²) in [6, 6.07) is 3.73. The first-order valence-electron chi connectivity index (χ1n) is 6.68. The highest BCUT2D eigenvalue weighted by Crippen LogP contribution is 2.34. The zero-order valence-corrected chi connectivity index (χ0v) is 12.1. The van der Waals surface area contributed by atoms with Crippen LogP contribution in [0.15, 0.2) is 12.1 Å². The Kier molecular flexibility index (Phi) is 4.06. The van der Waals surface area contributed by atoms with Crippen molar-refractivity contribution in [1.29, 1.82) is 0 Å². The molecule has 1 aromatic carbocycles. The fourth-order valence-corrected chi connectivity index (χ4v) is 3.12. The summed E-state index contributed by atoms with van der Waals surface area (Å²) >= 11 is 6.06. The molecular formula is C15H22ClNO. The fourth-order valence-electron chi connectivity index (χ4n) is 2.96. The van der Waals surface area contributed by atoms with Gasteiger partial charge >= 0.3 is 0 Å². The third-order valence-electron chi connectivity index (χ3n) is 3.72. The molecule has 0 heterocycles. The van der Waals surface area contributed by atoms with Gasteiger partial charge in [-0.1, -0.05) is 25.4 Å². The van der Waals surface area contributed by atoms with Crippen molar-refractivity contribution in [1.82, 2.24) is 0 Å². The first kappa shape index (κ1) is 13.5. The maximum atomic E-state index is 6.12. The van der Waals surface area contributed by atoms with Crippen molar-refractivity contribution in [2.75, 3.05) is 5.73 Å². The number of aryl methyl sites for hydroxylation is 1. The molecule has 0 spiro atoms. The Morgan fingerprint density at radius 1 is 1.17 bits per heavy atom. The second kappa shape index (κ2) is 5.40. The summed E-state index contributed by atoms with van der Waals surface area (Å²) in [4.78, 5) is 0. The van der Waals surface area contributed by atoms with Crippen LogP contribution in [0, 0.1) is 18.8 Å². The number of ether oxygens (including phenoxy) is 1.